The molecule has 2 atom stereocenters. The number of hydrogen-bond acceptors (Lipinski definition) is 3. The molecule has 1 aliphatic rings. The van der Waals surface area contributed by atoms with Gasteiger partial charge >= 0.3 is 6.03 Å². The minimum atomic E-state index is -1.35. The summed E-state index contributed by atoms with van der Waals surface area (Å²) in [5.74, 6) is -1.55. The van der Waals surface area contributed by atoms with Crippen LogP contribution in [0.25, 0.3) is 0 Å². The summed E-state index contributed by atoms with van der Waals surface area (Å²) in [6, 6.07) is 9.87. The number of carbonyl (C=O) groups excluding carboxylic acids is 2. The van der Waals surface area contributed by atoms with E-state index in [0.29, 0.717) is 5.56 Å². The first-order valence-electron chi connectivity index (χ1n) is 7.65. The van der Waals surface area contributed by atoms with Crippen molar-refractivity contribution in [1.82, 2.24) is 10.2 Å². The quantitative estimate of drug-likeness (QED) is 0.836. The summed E-state index contributed by atoms with van der Waals surface area (Å²) >= 11 is 0. The van der Waals surface area contributed by atoms with Gasteiger partial charge in [0.05, 0.1) is 12.6 Å². The van der Waals surface area contributed by atoms with Gasteiger partial charge in [0.25, 0.3) is 5.91 Å². The molecule has 25 heavy (non-hydrogen) atoms. The third-order valence-corrected chi connectivity index (χ3v) is 4.29. The molecule has 1 heterocycles. The third-order valence-electron chi connectivity index (χ3n) is 4.29. The highest BCUT2D eigenvalue weighted by atomic mass is 19.1. The molecule has 0 spiro atoms. The zero-order valence-electron chi connectivity index (χ0n) is 13.4. The lowest BCUT2D eigenvalue weighted by molar-refractivity contribution is -0.132. The Hall–Kier alpha value is -2.80. The summed E-state index contributed by atoms with van der Waals surface area (Å²) in [5, 5.41) is 12.8. The first-order chi connectivity index (χ1) is 11.8. The van der Waals surface area contributed by atoms with Crippen LogP contribution in [0.2, 0.25) is 0 Å². The van der Waals surface area contributed by atoms with Crippen LogP contribution in [0.15, 0.2) is 48.5 Å². The van der Waals surface area contributed by atoms with Crippen LogP contribution in [0.3, 0.4) is 0 Å². The van der Waals surface area contributed by atoms with Gasteiger partial charge in [-0.1, -0.05) is 24.3 Å². The van der Waals surface area contributed by atoms with Gasteiger partial charge < -0.3 is 10.4 Å². The van der Waals surface area contributed by atoms with Gasteiger partial charge in [0.2, 0.25) is 0 Å². The molecule has 0 saturated carbocycles. The number of nitrogens with zero attached hydrogens (tertiary/aromatic N) is 1. The molecule has 3 amide bonds. The second kappa shape index (κ2) is 6.25. The minimum Gasteiger partial charge on any atom is -0.387 e. The van der Waals surface area contributed by atoms with Crippen molar-refractivity contribution in [3.05, 3.63) is 71.3 Å². The number of benzene rings is 2. The lowest BCUT2D eigenvalue weighted by Gasteiger charge is -2.23. The fourth-order valence-electron chi connectivity index (χ4n) is 2.83. The van der Waals surface area contributed by atoms with Gasteiger partial charge in [-0.2, -0.15) is 0 Å². The molecule has 0 aromatic heterocycles. The highest BCUT2D eigenvalue weighted by Gasteiger charge is 2.49. The first-order valence-corrected chi connectivity index (χ1v) is 7.65. The summed E-state index contributed by atoms with van der Waals surface area (Å²) in [6.45, 7) is 1.19. The highest BCUT2D eigenvalue weighted by molar-refractivity contribution is 6.07. The molecular weight excluding hydrogens is 330 g/mol. The Morgan fingerprint density at radius 1 is 1.12 bits per heavy atom. The van der Waals surface area contributed by atoms with E-state index < -0.39 is 35.2 Å². The lowest BCUT2D eigenvalue weighted by atomic mass is 9.92. The van der Waals surface area contributed by atoms with Gasteiger partial charge in [-0.25, -0.2) is 13.6 Å². The monoisotopic (exact) mass is 346 g/mol. The van der Waals surface area contributed by atoms with Crippen molar-refractivity contribution in [2.45, 2.75) is 18.6 Å². The maximum absolute atomic E-state index is 13.3. The summed E-state index contributed by atoms with van der Waals surface area (Å²) < 4.78 is 26.4. The molecule has 5 nitrogen and oxygen atoms in total. The largest absolute Gasteiger partial charge is 0.387 e. The fourth-order valence-corrected chi connectivity index (χ4v) is 2.83. The Morgan fingerprint density at radius 3 is 2.44 bits per heavy atom. The Morgan fingerprint density at radius 2 is 1.80 bits per heavy atom. The normalized spacial score (nSPS) is 21.4. The Bertz CT molecular complexity index is 825. The number of hydrogen-bond donors (Lipinski definition) is 2. The van der Waals surface area contributed by atoms with Crippen molar-refractivity contribution >= 4 is 11.9 Å². The molecule has 1 saturated heterocycles. The van der Waals surface area contributed by atoms with Crippen LogP contribution in [0.1, 0.15) is 24.2 Å². The molecular formula is C18H16F2N2O3. The van der Waals surface area contributed by atoms with Gasteiger partial charge in [0.15, 0.2) is 0 Å². The second-order valence-corrected chi connectivity index (χ2v) is 6.05. The average Bonchev–Trinajstić information content (AvgIpc) is 2.79. The van der Waals surface area contributed by atoms with Gasteiger partial charge in [-0.3, -0.25) is 9.69 Å². The Kier molecular flexibility index (Phi) is 4.26. The SMILES string of the molecule is C[C@]1(c2ccc(F)cc2)NC(=O)N(C[C@H](O)c2cccc(F)c2)C1=O. The van der Waals surface area contributed by atoms with Gasteiger partial charge in [-0.15, -0.1) is 0 Å². The van der Waals surface area contributed by atoms with Crippen molar-refractivity contribution in [2.24, 2.45) is 0 Å². The molecule has 2 aromatic rings. The number of nitrogens with one attached hydrogen (secondary N) is 1. The van der Waals surface area contributed by atoms with Crippen molar-refractivity contribution in [3.63, 3.8) is 0 Å². The van der Waals surface area contributed by atoms with E-state index in [2.05, 4.69) is 5.32 Å². The van der Waals surface area contributed by atoms with E-state index in [0.717, 1.165) is 11.0 Å². The van der Waals surface area contributed by atoms with E-state index in [9.17, 15) is 23.5 Å². The van der Waals surface area contributed by atoms with Crippen LogP contribution in [0.5, 0.6) is 0 Å². The lowest BCUT2D eigenvalue weighted by Crippen LogP contribution is -2.41. The molecule has 130 valence electrons. The highest BCUT2D eigenvalue weighted by Crippen LogP contribution is 2.30. The predicted molar refractivity (Wildman–Crippen MR) is 85.4 cm³/mol. The van der Waals surface area contributed by atoms with Crippen LogP contribution in [0, 0.1) is 11.6 Å². The molecule has 2 aromatic carbocycles. The molecule has 1 fully saturated rings. The molecule has 0 bridgehead atoms. The second-order valence-electron chi connectivity index (χ2n) is 6.05. The molecule has 2 N–H and O–H groups in total. The van der Waals surface area contributed by atoms with E-state index in [1.165, 1.54) is 49.4 Å². The smallest absolute Gasteiger partial charge is 0.325 e. The zero-order valence-corrected chi connectivity index (χ0v) is 13.4. The molecule has 0 radical (unpaired) electrons. The number of β-amino-alcohol motifs (C(OH)–C–C–N with tert-alkyl or cyclic N) is 1. The van der Waals surface area contributed by atoms with Gasteiger partial charge in [0, 0.05) is 0 Å². The average molecular weight is 346 g/mol. The number of imide groups is 1. The Balaban J connectivity index is 1.83. The molecule has 3 rings (SSSR count). The molecule has 0 unspecified atom stereocenters. The summed E-state index contributed by atoms with van der Waals surface area (Å²) in [6.07, 6.45) is -1.22. The van der Waals surface area contributed by atoms with Crippen LogP contribution in [0.4, 0.5) is 13.6 Å². The van der Waals surface area contributed by atoms with Crippen LogP contribution >= 0.6 is 0 Å². The number of carbonyl (C=O) groups is 2. The van der Waals surface area contributed by atoms with E-state index in [-0.39, 0.29) is 12.1 Å². The van der Waals surface area contributed by atoms with E-state index in [1.54, 1.807) is 0 Å². The molecule has 0 aliphatic carbocycles. The standard InChI is InChI=1S/C18H16F2N2O3/c1-18(12-5-7-13(19)8-6-12)16(24)22(17(25)21-18)10-15(23)11-3-2-4-14(20)9-11/h2-9,15,23H,10H2,1H3,(H,21,25)/t15-,18+/m0/s1. The van der Waals surface area contributed by atoms with Crippen molar-refractivity contribution in [1.29, 1.82) is 0 Å². The van der Waals surface area contributed by atoms with E-state index >= 15 is 0 Å². The van der Waals surface area contributed by atoms with Crippen molar-refractivity contribution in [2.75, 3.05) is 6.54 Å². The predicted octanol–water partition coefficient (Wildman–Crippen LogP) is 2.47. The Labute approximate surface area is 142 Å². The minimum absolute atomic E-state index is 0.260. The van der Waals surface area contributed by atoms with Gasteiger partial charge in [0.1, 0.15) is 17.2 Å². The van der Waals surface area contributed by atoms with Crippen LogP contribution in [-0.2, 0) is 10.3 Å². The maximum atomic E-state index is 13.3. The van der Waals surface area contributed by atoms with E-state index in [1.807, 2.05) is 0 Å². The summed E-state index contributed by atoms with van der Waals surface area (Å²) in [7, 11) is 0. The number of halogens is 2. The number of amides is 3. The summed E-state index contributed by atoms with van der Waals surface area (Å²) in [5.41, 5.74) is -0.669. The maximum Gasteiger partial charge on any atom is 0.325 e. The fraction of sp³-hybridized carbons (Fsp3) is 0.222. The number of aliphatic hydroxyl groups excluding tert-OH is 1. The number of urea groups is 1. The van der Waals surface area contributed by atoms with Crippen molar-refractivity contribution in [3.8, 4) is 0 Å². The molecule has 7 heteroatoms. The van der Waals surface area contributed by atoms with Crippen molar-refractivity contribution < 1.29 is 23.5 Å². The van der Waals surface area contributed by atoms with Crippen LogP contribution in [-0.4, -0.2) is 28.5 Å². The summed E-state index contributed by atoms with van der Waals surface area (Å²) in [4.78, 5) is 25.8. The van der Waals surface area contributed by atoms with Gasteiger partial charge in [-0.05, 0) is 42.3 Å². The zero-order chi connectivity index (χ0) is 18.2. The first kappa shape index (κ1) is 17.0. The topological polar surface area (TPSA) is 69.6 Å². The van der Waals surface area contributed by atoms with E-state index in [4.69, 9.17) is 0 Å². The molecule has 1 aliphatic heterocycles. The number of rotatable bonds is 4. The number of aliphatic hydroxyl groups is 1. The third kappa shape index (κ3) is 3.10. The van der Waals surface area contributed by atoms with Crippen LogP contribution < -0.4 is 5.32 Å².